The summed E-state index contributed by atoms with van der Waals surface area (Å²) in [5.74, 6) is 0.488. The first-order valence-electron chi connectivity index (χ1n) is 10.6. The standard InChI is InChI=1S/C25H28FN5O2/c1-29(2)13-6-14-30(3)25-28-23(18-7-8-19(16-27)21(26)15-18)22(24(32)31(25)4)17-9-11-20(33-5)12-10-17/h7-12,15H,6,13-14H2,1-5H3. The SMILES string of the molecule is COc1ccc(-c2c(-c3ccc(C#N)c(F)c3)nc(N(C)CCCN(C)C)n(C)c2=O)cc1. The minimum Gasteiger partial charge on any atom is -0.497 e. The zero-order valence-corrected chi connectivity index (χ0v) is 19.6. The summed E-state index contributed by atoms with van der Waals surface area (Å²) in [5.41, 5.74) is 1.48. The molecule has 1 heterocycles. The van der Waals surface area contributed by atoms with E-state index >= 15 is 0 Å². The van der Waals surface area contributed by atoms with Crippen LogP contribution in [-0.4, -0.2) is 55.8 Å². The predicted molar refractivity (Wildman–Crippen MR) is 128 cm³/mol. The quantitative estimate of drug-likeness (QED) is 0.524. The molecule has 0 aliphatic carbocycles. The minimum atomic E-state index is -0.654. The number of hydrogen-bond donors (Lipinski definition) is 0. The summed E-state index contributed by atoms with van der Waals surface area (Å²) < 4.78 is 21.2. The van der Waals surface area contributed by atoms with Crippen LogP contribution in [0.1, 0.15) is 12.0 Å². The predicted octanol–water partition coefficient (Wildman–Crippen LogP) is 3.52. The Bertz CT molecular complexity index is 1230. The molecule has 0 atom stereocenters. The van der Waals surface area contributed by atoms with Crippen LogP contribution in [0.2, 0.25) is 0 Å². The van der Waals surface area contributed by atoms with E-state index < -0.39 is 5.82 Å². The second-order valence-electron chi connectivity index (χ2n) is 8.11. The van der Waals surface area contributed by atoms with Crippen molar-refractivity contribution < 1.29 is 9.13 Å². The van der Waals surface area contributed by atoms with Crippen LogP contribution in [0.25, 0.3) is 22.4 Å². The Morgan fingerprint density at radius 1 is 1.09 bits per heavy atom. The van der Waals surface area contributed by atoms with E-state index in [-0.39, 0.29) is 11.1 Å². The third-order valence-electron chi connectivity index (χ3n) is 5.45. The Morgan fingerprint density at radius 2 is 1.76 bits per heavy atom. The van der Waals surface area contributed by atoms with Crippen LogP contribution in [-0.2, 0) is 7.05 Å². The van der Waals surface area contributed by atoms with Crippen LogP contribution in [0, 0.1) is 17.1 Å². The summed E-state index contributed by atoms with van der Waals surface area (Å²) in [6, 6.07) is 13.2. The van der Waals surface area contributed by atoms with Gasteiger partial charge in [-0.2, -0.15) is 5.26 Å². The van der Waals surface area contributed by atoms with E-state index in [2.05, 4.69) is 4.90 Å². The van der Waals surface area contributed by atoms with Gasteiger partial charge in [0.1, 0.15) is 17.6 Å². The van der Waals surface area contributed by atoms with Crippen molar-refractivity contribution in [2.75, 3.05) is 46.2 Å². The van der Waals surface area contributed by atoms with Crippen LogP contribution >= 0.6 is 0 Å². The smallest absolute Gasteiger partial charge is 0.263 e. The fourth-order valence-corrected chi connectivity index (χ4v) is 3.64. The van der Waals surface area contributed by atoms with E-state index in [9.17, 15) is 9.18 Å². The molecule has 0 spiro atoms. The Labute approximate surface area is 193 Å². The first-order chi connectivity index (χ1) is 15.8. The number of methoxy groups -OCH3 is 1. The number of nitrogens with zero attached hydrogens (tertiary/aromatic N) is 5. The van der Waals surface area contributed by atoms with Crippen molar-refractivity contribution in [2.45, 2.75) is 6.42 Å². The van der Waals surface area contributed by atoms with Gasteiger partial charge < -0.3 is 14.5 Å². The van der Waals surface area contributed by atoms with Gasteiger partial charge in [0.25, 0.3) is 5.56 Å². The topological polar surface area (TPSA) is 74.4 Å². The molecule has 2 aromatic carbocycles. The fraction of sp³-hybridized carbons (Fsp3) is 0.320. The van der Waals surface area contributed by atoms with Crippen LogP contribution in [0.4, 0.5) is 10.3 Å². The second kappa shape index (κ2) is 10.3. The Morgan fingerprint density at radius 3 is 2.33 bits per heavy atom. The lowest BCUT2D eigenvalue weighted by atomic mass is 9.99. The molecule has 0 amide bonds. The minimum absolute atomic E-state index is 0.0605. The summed E-state index contributed by atoms with van der Waals surface area (Å²) in [6.45, 7) is 1.59. The molecule has 0 unspecified atom stereocenters. The monoisotopic (exact) mass is 449 g/mol. The second-order valence-corrected chi connectivity index (χ2v) is 8.11. The highest BCUT2D eigenvalue weighted by molar-refractivity contribution is 5.81. The number of nitriles is 1. The average Bonchev–Trinajstić information content (AvgIpc) is 2.80. The molecule has 0 radical (unpaired) electrons. The van der Waals surface area contributed by atoms with Crippen molar-refractivity contribution in [1.29, 1.82) is 5.26 Å². The van der Waals surface area contributed by atoms with Gasteiger partial charge in [-0.15, -0.1) is 0 Å². The third-order valence-corrected chi connectivity index (χ3v) is 5.45. The lowest BCUT2D eigenvalue weighted by Gasteiger charge is -2.23. The maximum Gasteiger partial charge on any atom is 0.263 e. The molecular formula is C25H28FN5O2. The molecule has 0 aliphatic rings. The van der Waals surface area contributed by atoms with Crippen molar-refractivity contribution in [3.05, 3.63) is 64.2 Å². The summed E-state index contributed by atoms with van der Waals surface area (Å²) in [4.78, 5) is 22.4. The number of rotatable bonds is 8. The Balaban J connectivity index is 2.19. The molecule has 1 aromatic heterocycles. The molecule has 172 valence electrons. The highest BCUT2D eigenvalue weighted by atomic mass is 19.1. The Hall–Kier alpha value is -3.70. The molecule has 0 N–H and O–H groups in total. The van der Waals surface area contributed by atoms with E-state index in [1.807, 2.05) is 32.1 Å². The summed E-state index contributed by atoms with van der Waals surface area (Å²) in [7, 11) is 9.16. The summed E-state index contributed by atoms with van der Waals surface area (Å²) >= 11 is 0. The van der Waals surface area contributed by atoms with Gasteiger partial charge in [0.2, 0.25) is 5.95 Å². The highest BCUT2D eigenvalue weighted by Gasteiger charge is 2.21. The number of hydrogen-bond acceptors (Lipinski definition) is 6. The lowest BCUT2D eigenvalue weighted by Crippen LogP contribution is -2.32. The van der Waals surface area contributed by atoms with Crippen LogP contribution in [0.5, 0.6) is 5.75 Å². The third kappa shape index (κ3) is 5.21. The van der Waals surface area contributed by atoms with E-state index in [0.29, 0.717) is 40.6 Å². The maximum absolute atomic E-state index is 14.5. The highest BCUT2D eigenvalue weighted by Crippen LogP contribution is 2.31. The van der Waals surface area contributed by atoms with Crippen molar-refractivity contribution in [2.24, 2.45) is 7.05 Å². The largest absolute Gasteiger partial charge is 0.497 e. The molecule has 0 saturated carbocycles. The van der Waals surface area contributed by atoms with E-state index in [4.69, 9.17) is 15.0 Å². The van der Waals surface area contributed by atoms with Gasteiger partial charge in [-0.25, -0.2) is 9.37 Å². The number of ether oxygens (including phenoxy) is 1. The van der Waals surface area contributed by atoms with Gasteiger partial charge in [0.05, 0.1) is 23.9 Å². The number of aromatic nitrogens is 2. The first kappa shape index (κ1) is 24.0. The van der Waals surface area contributed by atoms with E-state index in [0.717, 1.165) is 13.0 Å². The lowest BCUT2D eigenvalue weighted by molar-refractivity contribution is 0.401. The molecule has 3 rings (SSSR count). The molecule has 7 nitrogen and oxygen atoms in total. The molecular weight excluding hydrogens is 421 g/mol. The Kier molecular flexibility index (Phi) is 7.46. The van der Waals surface area contributed by atoms with Crippen LogP contribution in [0.3, 0.4) is 0 Å². The molecule has 8 heteroatoms. The molecule has 0 bridgehead atoms. The van der Waals surface area contributed by atoms with Crippen molar-refractivity contribution >= 4 is 5.95 Å². The normalized spacial score (nSPS) is 10.8. The number of halogens is 1. The fourth-order valence-electron chi connectivity index (χ4n) is 3.64. The number of anilines is 1. The van der Waals surface area contributed by atoms with Gasteiger partial charge >= 0.3 is 0 Å². The zero-order valence-electron chi connectivity index (χ0n) is 19.6. The van der Waals surface area contributed by atoms with Gasteiger partial charge in [-0.05, 0) is 56.9 Å². The van der Waals surface area contributed by atoms with Crippen molar-refractivity contribution in [3.63, 3.8) is 0 Å². The van der Waals surface area contributed by atoms with Crippen molar-refractivity contribution in [3.8, 4) is 34.2 Å². The van der Waals surface area contributed by atoms with Gasteiger partial charge in [0, 0.05) is 26.2 Å². The molecule has 33 heavy (non-hydrogen) atoms. The van der Waals surface area contributed by atoms with E-state index in [1.54, 1.807) is 44.5 Å². The molecule has 0 fully saturated rings. The summed E-state index contributed by atoms with van der Waals surface area (Å²) in [5, 5.41) is 9.10. The number of benzene rings is 2. The summed E-state index contributed by atoms with van der Waals surface area (Å²) in [6.07, 6.45) is 0.889. The van der Waals surface area contributed by atoms with Gasteiger partial charge in [-0.1, -0.05) is 18.2 Å². The maximum atomic E-state index is 14.5. The molecule has 0 saturated heterocycles. The molecule has 0 aliphatic heterocycles. The van der Waals surface area contributed by atoms with Crippen LogP contribution in [0.15, 0.2) is 47.3 Å². The van der Waals surface area contributed by atoms with Crippen LogP contribution < -0.4 is 15.2 Å². The zero-order chi connectivity index (χ0) is 24.1. The van der Waals surface area contributed by atoms with Crippen molar-refractivity contribution in [1.82, 2.24) is 14.5 Å². The first-order valence-corrected chi connectivity index (χ1v) is 10.6. The van der Waals surface area contributed by atoms with E-state index in [1.165, 1.54) is 16.7 Å². The van der Waals surface area contributed by atoms with Gasteiger partial charge in [0.15, 0.2) is 0 Å². The molecule has 3 aromatic rings. The van der Waals surface area contributed by atoms with Gasteiger partial charge in [-0.3, -0.25) is 9.36 Å². The average molecular weight is 450 g/mol.